The summed E-state index contributed by atoms with van der Waals surface area (Å²) in [6, 6.07) is 0. The van der Waals surface area contributed by atoms with Gasteiger partial charge in [0.15, 0.2) is 0 Å². The average Bonchev–Trinajstić information content (AvgIpc) is 2.89. The number of aromatic nitrogens is 2. The van der Waals surface area contributed by atoms with Crippen molar-refractivity contribution in [3.8, 4) is 0 Å². The van der Waals surface area contributed by atoms with Gasteiger partial charge in [-0.25, -0.2) is 4.98 Å². The lowest BCUT2D eigenvalue weighted by molar-refractivity contribution is -0.140. The highest BCUT2D eigenvalue weighted by atomic mass is 32.1. The van der Waals surface area contributed by atoms with E-state index < -0.39 is 11.9 Å². The molecule has 2 rings (SSSR count). The molecule has 0 aromatic carbocycles. The zero-order valence-corrected chi connectivity index (χ0v) is 12.3. The van der Waals surface area contributed by atoms with E-state index in [1.807, 2.05) is 11.9 Å². The van der Waals surface area contributed by atoms with Crippen molar-refractivity contribution in [2.75, 3.05) is 18.5 Å². The predicted octanol–water partition coefficient (Wildman–Crippen LogP) is 2.74. The molecule has 0 bridgehead atoms. The van der Waals surface area contributed by atoms with Crippen molar-refractivity contribution in [3.63, 3.8) is 0 Å². The van der Waals surface area contributed by atoms with Crippen molar-refractivity contribution < 1.29 is 9.90 Å². The molecular weight excluding hydrogens is 262 g/mol. The van der Waals surface area contributed by atoms with Crippen LogP contribution in [0, 0.1) is 5.92 Å². The molecule has 1 aliphatic carbocycles. The Bertz CT molecular complexity index is 429. The van der Waals surface area contributed by atoms with E-state index in [2.05, 4.69) is 9.36 Å². The van der Waals surface area contributed by atoms with Crippen LogP contribution >= 0.6 is 11.5 Å². The summed E-state index contributed by atoms with van der Waals surface area (Å²) in [5, 5.41) is 9.76. The Morgan fingerprint density at radius 3 is 2.79 bits per heavy atom. The van der Waals surface area contributed by atoms with E-state index in [0.29, 0.717) is 12.5 Å². The second-order valence-corrected chi connectivity index (χ2v) is 6.12. The molecule has 0 saturated heterocycles. The Kier molecular flexibility index (Phi) is 4.74. The standard InChI is InChI=1S/C13H21N3O2S/c1-9(12(17)18)8-16(2)13-14-11(15-19-13)10-6-4-3-5-7-10/h9-10H,3-8H2,1-2H3,(H,17,18). The van der Waals surface area contributed by atoms with Gasteiger partial charge in [-0.1, -0.05) is 26.2 Å². The number of hydrogen-bond donors (Lipinski definition) is 1. The van der Waals surface area contributed by atoms with Crippen LogP contribution in [-0.2, 0) is 4.79 Å². The first-order valence-corrected chi connectivity index (χ1v) is 7.63. The first-order valence-electron chi connectivity index (χ1n) is 6.85. The van der Waals surface area contributed by atoms with Gasteiger partial charge in [-0.15, -0.1) is 0 Å². The summed E-state index contributed by atoms with van der Waals surface area (Å²) < 4.78 is 4.45. The first-order chi connectivity index (χ1) is 9.08. The van der Waals surface area contributed by atoms with Gasteiger partial charge in [-0.3, -0.25) is 4.79 Å². The van der Waals surface area contributed by atoms with E-state index in [1.54, 1.807) is 6.92 Å². The summed E-state index contributed by atoms with van der Waals surface area (Å²) in [5.74, 6) is 0.287. The minimum Gasteiger partial charge on any atom is -0.481 e. The molecule has 1 heterocycles. The Morgan fingerprint density at radius 2 is 2.16 bits per heavy atom. The van der Waals surface area contributed by atoms with Gasteiger partial charge < -0.3 is 10.0 Å². The van der Waals surface area contributed by atoms with Crippen molar-refractivity contribution >= 4 is 22.6 Å². The van der Waals surface area contributed by atoms with Crippen molar-refractivity contribution in [1.82, 2.24) is 9.36 Å². The molecule has 5 nitrogen and oxygen atoms in total. The molecule has 0 radical (unpaired) electrons. The third kappa shape index (κ3) is 3.65. The quantitative estimate of drug-likeness (QED) is 0.900. The van der Waals surface area contributed by atoms with Gasteiger partial charge >= 0.3 is 5.97 Å². The number of anilines is 1. The van der Waals surface area contributed by atoms with Gasteiger partial charge in [-0.2, -0.15) is 4.37 Å². The third-order valence-electron chi connectivity index (χ3n) is 3.70. The Labute approximate surface area is 117 Å². The van der Waals surface area contributed by atoms with Gasteiger partial charge in [0.2, 0.25) is 5.13 Å². The minimum absolute atomic E-state index is 0.396. The lowest BCUT2D eigenvalue weighted by Crippen LogP contribution is -2.28. The third-order valence-corrected chi connectivity index (χ3v) is 4.54. The average molecular weight is 283 g/mol. The molecular formula is C13H21N3O2S. The van der Waals surface area contributed by atoms with Crippen LogP contribution in [0.4, 0.5) is 5.13 Å². The molecule has 1 atom stereocenters. The number of nitrogens with zero attached hydrogens (tertiary/aromatic N) is 3. The fourth-order valence-electron chi connectivity index (χ4n) is 2.48. The second-order valence-electron chi connectivity index (χ2n) is 5.39. The fraction of sp³-hybridized carbons (Fsp3) is 0.769. The van der Waals surface area contributed by atoms with E-state index >= 15 is 0 Å². The van der Waals surface area contributed by atoms with Crippen LogP contribution < -0.4 is 4.90 Å². The zero-order valence-electron chi connectivity index (χ0n) is 11.5. The van der Waals surface area contributed by atoms with Gasteiger partial charge in [0.25, 0.3) is 0 Å². The van der Waals surface area contributed by atoms with Crippen molar-refractivity contribution in [3.05, 3.63) is 5.82 Å². The smallest absolute Gasteiger partial charge is 0.308 e. The lowest BCUT2D eigenvalue weighted by Gasteiger charge is -2.19. The molecule has 1 aromatic rings. The lowest BCUT2D eigenvalue weighted by atomic mass is 9.89. The maximum Gasteiger partial charge on any atom is 0.308 e. The number of carboxylic acid groups (broad SMARTS) is 1. The Hall–Kier alpha value is -1.17. The van der Waals surface area contributed by atoms with Crippen LogP contribution in [0.15, 0.2) is 0 Å². The summed E-state index contributed by atoms with van der Waals surface area (Å²) in [7, 11) is 1.88. The van der Waals surface area contributed by atoms with Gasteiger partial charge in [0, 0.05) is 31.0 Å². The number of aliphatic carboxylic acids is 1. The number of rotatable bonds is 5. The molecule has 0 amide bonds. The zero-order chi connectivity index (χ0) is 13.8. The van der Waals surface area contributed by atoms with E-state index in [9.17, 15) is 4.79 Å². The summed E-state index contributed by atoms with van der Waals surface area (Å²) in [4.78, 5) is 17.3. The van der Waals surface area contributed by atoms with E-state index in [0.717, 1.165) is 11.0 Å². The van der Waals surface area contributed by atoms with Crippen LogP contribution in [0.1, 0.15) is 50.8 Å². The summed E-state index contributed by atoms with van der Waals surface area (Å²) in [5.41, 5.74) is 0. The first kappa shape index (κ1) is 14.2. The minimum atomic E-state index is -0.774. The second kappa shape index (κ2) is 6.32. The van der Waals surface area contributed by atoms with Gasteiger partial charge in [0.1, 0.15) is 5.82 Å². The molecule has 1 aliphatic rings. The molecule has 19 heavy (non-hydrogen) atoms. The molecule has 1 N–H and O–H groups in total. The Balaban J connectivity index is 1.97. The number of carboxylic acids is 1. The Morgan fingerprint density at radius 1 is 1.47 bits per heavy atom. The summed E-state index contributed by atoms with van der Waals surface area (Å²) in [6.07, 6.45) is 6.23. The van der Waals surface area contributed by atoms with Crippen LogP contribution in [0.25, 0.3) is 0 Å². The van der Waals surface area contributed by atoms with E-state index in [-0.39, 0.29) is 0 Å². The highest BCUT2D eigenvalue weighted by Crippen LogP contribution is 2.32. The van der Waals surface area contributed by atoms with Crippen LogP contribution in [0.5, 0.6) is 0 Å². The maximum atomic E-state index is 10.9. The van der Waals surface area contributed by atoms with Crippen molar-refractivity contribution in [2.45, 2.75) is 44.9 Å². The molecule has 1 unspecified atom stereocenters. The van der Waals surface area contributed by atoms with Gasteiger partial charge in [-0.05, 0) is 12.8 Å². The maximum absolute atomic E-state index is 10.9. The van der Waals surface area contributed by atoms with Crippen LogP contribution in [0.2, 0.25) is 0 Å². The number of hydrogen-bond acceptors (Lipinski definition) is 5. The molecule has 1 aromatic heterocycles. The predicted molar refractivity (Wildman–Crippen MR) is 75.8 cm³/mol. The van der Waals surface area contributed by atoms with Crippen LogP contribution in [-0.4, -0.2) is 34.0 Å². The molecule has 0 spiro atoms. The molecule has 106 valence electrons. The monoisotopic (exact) mass is 283 g/mol. The topological polar surface area (TPSA) is 66.3 Å². The van der Waals surface area contributed by atoms with Crippen LogP contribution in [0.3, 0.4) is 0 Å². The van der Waals surface area contributed by atoms with E-state index in [4.69, 9.17) is 5.11 Å². The largest absolute Gasteiger partial charge is 0.481 e. The highest BCUT2D eigenvalue weighted by molar-refractivity contribution is 7.09. The normalized spacial score (nSPS) is 18.2. The van der Waals surface area contributed by atoms with Crippen molar-refractivity contribution in [2.24, 2.45) is 5.92 Å². The summed E-state index contributed by atoms with van der Waals surface area (Å²) >= 11 is 1.38. The van der Waals surface area contributed by atoms with E-state index in [1.165, 1.54) is 43.6 Å². The summed E-state index contributed by atoms with van der Waals surface area (Å²) in [6.45, 7) is 2.18. The fourth-order valence-corrected chi connectivity index (χ4v) is 3.19. The molecule has 6 heteroatoms. The highest BCUT2D eigenvalue weighted by Gasteiger charge is 2.22. The van der Waals surface area contributed by atoms with Crippen molar-refractivity contribution in [1.29, 1.82) is 0 Å². The number of carbonyl (C=O) groups is 1. The van der Waals surface area contributed by atoms with Gasteiger partial charge in [0.05, 0.1) is 5.92 Å². The molecule has 0 aliphatic heterocycles. The SMILES string of the molecule is CC(CN(C)c1nc(C2CCCCC2)ns1)C(=O)O. The molecule has 1 fully saturated rings. The molecule has 1 saturated carbocycles.